The van der Waals surface area contributed by atoms with E-state index in [0.717, 1.165) is 29.1 Å². The van der Waals surface area contributed by atoms with Crippen LogP contribution >= 0.6 is 11.6 Å². The van der Waals surface area contributed by atoms with E-state index in [-0.39, 0.29) is 0 Å². The molecule has 2 heteroatoms. The van der Waals surface area contributed by atoms with Gasteiger partial charge in [0.15, 0.2) is 0 Å². The second kappa shape index (κ2) is 5.25. The highest BCUT2D eigenvalue weighted by molar-refractivity contribution is 6.31. The Bertz CT molecular complexity index is 176. The van der Waals surface area contributed by atoms with Crippen LogP contribution in [0.25, 0.3) is 0 Å². The topological polar surface area (TPSA) is 26.0 Å². The molecule has 0 saturated carbocycles. The summed E-state index contributed by atoms with van der Waals surface area (Å²) in [5, 5.41) is 0.784. The molecule has 0 aromatic rings. The second-order valence-corrected chi connectivity index (χ2v) is 3.06. The minimum absolute atomic E-state index is 0.784. The van der Waals surface area contributed by atoms with Gasteiger partial charge in [0.05, 0.1) is 0 Å². The van der Waals surface area contributed by atoms with Gasteiger partial charge in [-0.05, 0) is 25.8 Å². The van der Waals surface area contributed by atoms with Gasteiger partial charge in [-0.2, -0.15) is 0 Å². The summed E-state index contributed by atoms with van der Waals surface area (Å²) in [5.74, 6) is 0. The largest absolute Gasteiger partial charge is 0.402 e. The van der Waals surface area contributed by atoms with Crippen molar-refractivity contribution in [2.75, 3.05) is 0 Å². The zero-order valence-corrected chi connectivity index (χ0v) is 8.20. The third-order valence-electron chi connectivity index (χ3n) is 1.56. The molecule has 0 atom stereocenters. The van der Waals surface area contributed by atoms with Gasteiger partial charge in [-0.15, -0.1) is 0 Å². The predicted octanol–water partition coefficient (Wildman–Crippen LogP) is 3.16. The molecule has 0 aromatic carbocycles. The summed E-state index contributed by atoms with van der Waals surface area (Å²) in [6, 6.07) is 0. The van der Waals surface area contributed by atoms with Crippen LogP contribution in [0, 0.1) is 0 Å². The van der Waals surface area contributed by atoms with Crippen LogP contribution in [-0.2, 0) is 0 Å². The molecular formula is C9H16ClN. The molecule has 0 aliphatic heterocycles. The van der Waals surface area contributed by atoms with Gasteiger partial charge in [0.2, 0.25) is 0 Å². The van der Waals surface area contributed by atoms with Crippen molar-refractivity contribution >= 4 is 11.6 Å². The summed E-state index contributed by atoms with van der Waals surface area (Å²) in [7, 11) is 0. The summed E-state index contributed by atoms with van der Waals surface area (Å²) in [6.45, 7) is 5.91. The van der Waals surface area contributed by atoms with E-state index in [1.807, 2.05) is 19.9 Å². The van der Waals surface area contributed by atoms with Crippen molar-refractivity contribution in [2.45, 2.75) is 33.6 Å². The zero-order chi connectivity index (χ0) is 8.85. The van der Waals surface area contributed by atoms with Crippen LogP contribution in [0.2, 0.25) is 0 Å². The first-order valence-electron chi connectivity index (χ1n) is 3.88. The number of hydrogen-bond acceptors (Lipinski definition) is 1. The van der Waals surface area contributed by atoms with Crippen molar-refractivity contribution in [1.82, 2.24) is 0 Å². The van der Waals surface area contributed by atoms with E-state index in [9.17, 15) is 0 Å². The van der Waals surface area contributed by atoms with Crippen LogP contribution < -0.4 is 5.73 Å². The molecule has 1 nitrogen and oxygen atoms in total. The van der Waals surface area contributed by atoms with Crippen molar-refractivity contribution < 1.29 is 0 Å². The Hall–Kier alpha value is -0.430. The van der Waals surface area contributed by atoms with Crippen molar-refractivity contribution in [2.24, 2.45) is 5.73 Å². The molecule has 0 aromatic heterocycles. The van der Waals surface area contributed by atoms with E-state index in [1.165, 1.54) is 0 Å². The lowest BCUT2D eigenvalue weighted by molar-refractivity contribution is 0.955. The van der Waals surface area contributed by atoms with Gasteiger partial charge in [0.1, 0.15) is 0 Å². The number of nitrogens with two attached hydrogens (primary N) is 1. The molecule has 0 aliphatic carbocycles. The molecule has 64 valence electrons. The molecule has 0 aliphatic rings. The molecule has 0 fully saturated rings. The Kier molecular flexibility index (Phi) is 5.05. The fourth-order valence-corrected chi connectivity index (χ4v) is 0.871. The van der Waals surface area contributed by atoms with Crippen LogP contribution in [0.3, 0.4) is 0 Å². The van der Waals surface area contributed by atoms with Crippen molar-refractivity contribution in [3.05, 3.63) is 22.4 Å². The Morgan fingerprint density at radius 1 is 1.45 bits per heavy atom. The maximum atomic E-state index is 5.93. The van der Waals surface area contributed by atoms with Gasteiger partial charge >= 0.3 is 0 Å². The average molecular weight is 174 g/mol. The summed E-state index contributed by atoms with van der Waals surface area (Å²) in [6.07, 6.45) is 4.14. The summed E-state index contributed by atoms with van der Waals surface area (Å²) in [4.78, 5) is 0. The fraction of sp³-hybridized carbons (Fsp3) is 0.556. The molecule has 0 saturated heterocycles. The standard InChI is InChI=1S/C9H16ClN/c1-4-5-6-9(10)7(2)8(3)11/h6H,4-5,11H2,1-3H3/b8-7-,9-6+. The van der Waals surface area contributed by atoms with Gasteiger partial charge < -0.3 is 5.73 Å². The van der Waals surface area contributed by atoms with Crippen molar-refractivity contribution in [1.29, 1.82) is 0 Å². The van der Waals surface area contributed by atoms with Crippen LogP contribution in [-0.4, -0.2) is 0 Å². The number of rotatable bonds is 3. The smallest absolute Gasteiger partial charge is 0.0412 e. The van der Waals surface area contributed by atoms with Gasteiger partial charge in [-0.3, -0.25) is 0 Å². The molecule has 2 N–H and O–H groups in total. The predicted molar refractivity (Wildman–Crippen MR) is 51.4 cm³/mol. The zero-order valence-electron chi connectivity index (χ0n) is 7.45. The average Bonchev–Trinajstić information content (AvgIpc) is 1.98. The molecule has 11 heavy (non-hydrogen) atoms. The first kappa shape index (κ1) is 10.6. The van der Waals surface area contributed by atoms with Crippen LogP contribution in [0.5, 0.6) is 0 Å². The Morgan fingerprint density at radius 2 is 2.00 bits per heavy atom. The Balaban J connectivity index is 4.24. The molecule has 0 unspecified atom stereocenters. The number of halogens is 1. The first-order chi connectivity index (χ1) is 5.09. The highest BCUT2D eigenvalue weighted by Gasteiger charge is 1.96. The minimum Gasteiger partial charge on any atom is -0.402 e. The molecular weight excluding hydrogens is 158 g/mol. The maximum Gasteiger partial charge on any atom is 0.0412 e. The molecule has 0 rings (SSSR count). The molecule has 0 spiro atoms. The van der Waals surface area contributed by atoms with Crippen molar-refractivity contribution in [3.63, 3.8) is 0 Å². The van der Waals surface area contributed by atoms with Crippen LogP contribution in [0.4, 0.5) is 0 Å². The highest BCUT2D eigenvalue weighted by Crippen LogP contribution is 2.16. The monoisotopic (exact) mass is 173 g/mol. The second-order valence-electron chi connectivity index (χ2n) is 2.65. The van der Waals surface area contributed by atoms with E-state index in [1.54, 1.807) is 0 Å². The van der Waals surface area contributed by atoms with Crippen molar-refractivity contribution in [3.8, 4) is 0 Å². The van der Waals surface area contributed by atoms with Gasteiger partial charge in [-0.25, -0.2) is 0 Å². The molecule has 0 amide bonds. The minimum atomic E-state index is 0.784. The third kappa shape index (κ3) is 4.10. The quantitative estimate of drug-likeness (QED) is 0.652. The van der Waals surface area contributed by atoms with E-state index >= 15 is 0 Å². The molecule has 0 heterocycles. The van der Waals surface area contributed by atoms with E-state index in [4.69, 9.17) is 17.3 Å². The summed E-state index contributed by atoms with van der Waals surface area (Å²) < 4.78 is 0. The lowest BCUT2D eigenvalue weighted by Gasteiger charge is -2.00. The molecule has 0 bridgehead atoms. The van der Waals surface area contributed by atoms with E-state index < -0.39 is 0 Å². The fourth-order valence-electron chi connectivity index (χ4n) is 0.613. The third-order valence-corrected chi connectivity index (χ3v) is 2.00. The van der Waals surface area contributed by atoms with Gasteiger partial charge in [-0.1, -0.05) is 31.0 Å². The van der Waals surface area contributed by atoms with Gasteiger partial charge in [0.25, 0.3) is 0 Å². The maximum absolute atomic E-state index is 5.93. The highest BCUT2D eigenvalue weighted by atomic mass is 35.5. The Labute approximate surface area is 73.9 Å². The van der Waals surface area contributed by atoms with Gasteiger partial charge in [0, 0.05) is 10.7 Å². The number of hydrogen-bond donors (Lipinski definition) is 1. The number of unbranched alkanes of at least 4 members (excludes halogenated alkanes) is 1. The van der Waals surface area contributed by atoms with Crippen LogP contribution in [0.1, 0.15) is 33.6 Å². The normalized spacial score (nSPS) is 14.7. The number of allylic oxidation sites excluding steroid dienone is 4. The SMILES string of the molecule is CCC/C=C(Cl)\C(C)=C(\C)N. The first-order valence-corrected chi connectivity index (χ1v) is 4.26. The van der Waals surface area contributed by atoms with E-state index in [2.05, 4.69) is 6.92 Å². The van der Waals surface area contributed by atoms with E-state index in [0.29, 0.717) is 0 Å². The lowest BCUT2D eigenvalue weighted by atomic mass is 10.2. The molecule has 0 radical (unpaired) electrons. The summed E-state index contributed by atoms with van der Waals surface area (Å²) >= 11 is 5.93. The lowest BCUT2D eigenvalue weighted by Crippen LogP contribution is -1.95. The summed E-state index contributed by atoms with van der Waals surface area (Å²) in [5.41, 5.74) is 7.34. The Morgan fingerprint density at radius 3 is 2.36 bits per heavy atom. The van der Waals surface area contributed by atoms with Crippen LogP contribution in [0.15, 0.2) is 22.4 Å².